The van der Waals surface area contributed by atoms with Crippen molar-refractivity contribution in [2.75, 3.05) is 12.3 Å². The smallest absolute Gasteiger partial charge is 0.323 e. The quantitative estimate of drug-likeness (QED) is 0.750. The van der Waals surface area contributed by atoms with E-state index in [1.165, 1.54) is 0 Å². The van der Waals surface area contributed by atoms with E-state index in [0.29, 0.717) is 6.42 Å². The van der Waals surface area contributed by atoms with Crippen LogP contribution in [0.5, 0.6) is 0 Å². The monoisotopic (exact) mass is 265 g/mol. The molecule has 0 heterocycles. The number of nitrogens with one attached hydrogen (secondary N) is 1. The topological polar surface area (TPSA) is 83.5 Å². The van der Waals surface area contributed by atoms with Gasteiger partial charge in [-0.3, -0.25) is 4.79 Å². The van der Waals surface area contributed by atoms with Gasteiger partial charge in [0, 0.05) is 6.54 Å². The fourth-order valence-corrected chi connectivity index (χ4v) is 2.10. The maximum Gasteiger partial charge on any atom is 0.323 e. The molecule has 0 bridgehead atoms. The number of carboxylic acid groups (broad SMARTS) is 1. The van der Waals surface area contributed by atoms with Gasteiger partial charge >= 0.3 is 5.97 Å². The fourth-order valence-electron chi connectivity index (χ4n) is 1.12. The van der Waals surface area contributed by atoms with E-state index in [0.717, 1.165) is 0 Å². The second-order valence-corrected chi connectivity index (χ2v) is 8.21. The lowest BCUT2D eigenvalue weighted by Gasteiger charge is -2.26. The first kappa shape index (κ1) is 16.4. The molecule has 0 saturated heterocycles. The van der Waals surface area contributed by atoms with Crippen LogP contribution in [0.3, 0.4) is 0 Å². The SMILES string of the molecule is CCC(C)(NCCS(=O)(=O)C(C)(C)C)C(=O)O. The highest BCUT2D eigenvalue weighted by Crippen LogP contribution is 2.16. The van der Waals surface area contributed by atoms with E-state index < -0.39 is 26.1 Å². The molecular formula is C11H23NO4S. The van der Waals surface area contributed by atoms with Crippen molar-refractivity contribution in [3.63, 3.8) is 0 Å². The van der Waals surface area contributed by atoms with E-state index in [4.69, 9.17) is 5.11 Å². The third kappa shape index (κ3) is 4.27. The van der Waals surface area contributed by atoms with E-state index in [1.54, 1.807) is 34.6 Å². The lowest BCUT2D eigenvalue weighted by atomic mass is 9.99. The molecule has 0 aromatic carbocycles. The van der Waals surface area contributed by atoms with Crippen LogP contribution in [-0.4, -0.2) is 42.1 Å². The summed E-state index contributed by atoms with van der Waals surface area (Å²) in [6.45, 7) is 8.37. The lowest BCUT2D eigenvalue weighted by molar-refractivity contribution is -0.144. The van der Waals surface area contributed by atoms with Gasteiger partial charge in [-0.1, -0.05) is 6.92 Å². The molecular weight excluding hydrogens is 242 g/mol. The molecule has 0 saturated carbocycles. The molecule has 0 aliphatic carbocycles. The Labute approximate surface area is 104 Å². The summed E-state index contributed by atoms with van der Waals surface area (Å²) in [7, 11) is -3.21. The molecule has 2 N–H and O–H groups in total. The molecule has 0 aromatic heterocycles. The minimum Gasteiger partial charge on any atom is -0.480 e. The first-order chi connectivity index (χ1) is 7.46. The van der Waals surface area contributed by atoms with E-state index in [2.05, 4.69) is 5.32 Å². The zero-order valence-electron chi connectivity index (χ0n) is 11.2. The summed E-state index contributed by atoms with van der Waals surface area (Å²) in [6.07, 6.45) is 0.401. The van der Waals surface area contributed by atoms with Crippen molar-refractivity contribution in [1.29, 1.82) is 0 Å². The molecule has 0 fully saturated rings. The van der Waals surface area contributed by atoms with Crippen LogP contribution in [0.1, 0.15) is 41.0 Å². The van der Waals surface area contributed by atoms with Crippen molar-refractivity contribution >= 4 is 15.8 Å². The van der Waals surface area contributed by atoms with Crippen molar-refractivity contribution in [2.24, 2.45) is 0 Å². The minimum absolute atomic E-state index is 0.0562. The Hall–Kier alpha value is -0.620. The van der Waals surface area contributed by atoms with E-state index in [1.807, 2.05) is 0 Å². The third-order valence-electron chi connectivity index (χ3n) is 3.00. The summed E-state index contributed by atoms with van der Waals surface area (Å²) in [5.74, 6) is -1.02. The third-order valence-corrected chi connectivity index (χ3v) is 5.61. The molecule has 0 aliphatic rings. The molecule has 17 heavy (non-hydrogen) atoms. The highest BCUT2D eigenvalue weighted by molar-refractivity contribution is 7.92. The van der Waals surface area contributed by atoms with Crippen molar-refractivity contribution in [3.8, 4) is 0 Å². The Balaban J connectivity index is 4.49. The number of hydrogen-bond donors (Lipinski definition) is 2. The van der Waals surface area contributed by atoms with Crippen molar-refractivity contribution in [3.05, 3.63) is 0 Å². The summed E-state index contributed by atoms with van der Waals surface area (Å²) < 4.78 is 22.8. The van der Waals surface area contributed by atoms with Gasteiger partial charge in [-0.05, 0) is 34.1 Å². The van der Waals surface area contributed by atoms with Crippen LogP contribution in [-0.2, 0) is 14.6 Å². The summed E-state index contributed by atoms with van der Waals surface area (Å²) >= 11 is 0. The number of rotatable bonds is 6. The highest BCUT2D eigenvalue weighted by atomic mass is 32.2. The first-order valence-corrected chi connectivity index (χ1v) is 7.32. The Kier molecular flexibility index (Phi) is 5.16. The van der Waals surface area contributed by atoms with Crippen LogP contribution in [0, 0.1) is 0 Å². The summed E-state index contributed by atoms with van der Waals surface area (Å²) in [4.78, 5) is 11.0. The molecule has 102 valence electrons. The molecule has 0 rings (SSSR count). The van der Waals surface area contributed by atoms with E-state index in [-0.39, 0.29) is 12.3 Å². The molecule has 0 amide bonds. The number of carboxylic acids is 1. The average molecular weight is 265 g/mol. The normalized spacial score (nSPS) is 16.5. The van der Waals surface area contributed by atoms with E-state index in [9.17, 15) is 13.2 Å². The molecule has 0 aliphatic heterocycles. The zero-order chi connectivity index (χ0) is 13.9. The van der Waals surface area contributed by atoms with Crippen molar-refractivity contribution in [1.82, 2.24) is 5.32 Å². The van der Waals surface area contributed by atoms with Gasteiger partial charge in [-0.25, -0.2) is 8.42 Å². The van der Waals surface area contributed by atoms with Gasteiger partial charge in [-0.2, -0.15) is 0 Å². The predicted octanol–water partition coefficient (Wildman–Crippen LogP) is 1.04. The summed E-state index contributed by atoms with van der Waals surface area (Å²) in [6, 6.07) is 0. The molecule has 1 atom stereocenters. The molecule has 1 unspecified atom stereocenters. The second kappa shape index (κ2) is 5.35. The summed E-state index contributed by atoms with van der Waals surface area (Å²) in [5, 5.41) is 11.8. The van der Waals surface area contributed by atoms with Crippen LogP contribution < -0.4 is 5.32 Å². The van der Waals surface area contributed by atoms with Gasteiger partial charge in [0.1, 0.15) is 5.54 Å². The second-order valence-electron chi connectivity index (χ2n) is 5.35. The standard InChI is InChI=1S/C11H23NO4S/c1-6-11(5,9(13)14)12-7-8-17(15,16)10(2,3)4/h12H,6-8H2,1-5H3,(H,13,14). The first-order valence-electron chi connectivity index (χ1n) is 5.67. The maximum absolute atomic E-state index is 11.8. The van der Waals surface area contributed by atoms with Crippen molar-refractivity contribution < 1.29 is 18.3 Å². The van der Waals surface area contributed by atoms with Crippen LogP contribution in [0.2, 0.25) is 0 Å². The van der Waals surface area contributed by atoms with Crippen LogP contribution in [0.4, 0.5) is 0 Å². The Morgan fingerprint density at radius 3 is 2.00 bits per heavy atom. The minimum atomic E-state index is -3.21. The van der Waals surface area contributed by atoms with Gasteiger partial charge in [0.25, 0.3) is 0 Å². The average Bonchev–Trinajstić information content (AvgIpc) is 2.15. The Morgan fingerprint density at radius 1 is 1.24 bits per heavy atom. The number of sulfone groups is 1. The van der Waals surface area contributed by atoms with Crippen LogP contribution in [0.15, 0.2) is 0 Å². The molecule has 5 nitrogen and oxygen atoms in total. The van der Waals surface area contributed by atoms with Gasteiger partial charge in [-0.15, -0.1) is 0 Å². The number of aliphatic carboxylic acids is 1. The number of hydrogen-bond acceptors (Lipinski definition) is 4. The molecule has 0 aromatic rings. The van der Waals surface area contributed by atoms with E-state index >= 15 is 0 Å². The molecule has 0 radical (unpaired) electrons. The largest absolute Gasteiger partial charge is 0.480 e. The maximum atomic E-state index is 11.8. The van der Waals surface area contributed by atoms with Gasteiger partial charge in [0.05, 0.1) is 10.5 Å². The fraction of sp³-hybridized carbons (Fsp3) is 0.909. The lowest BCUT2D eigenvalue weighted by Crippen LogP contribution is -2.51. The van der Waals surface area contributed by atoms with Gasteiger partial charge < -0.3 is 10.4 Å². The summed E-state index contributed by atoms with van der Waals surface area (Å²) in [5.41, 5.74) is -1.06. The predicted molar refractivity (Wildman–Crippen MR) is 67.9 cm³/mol. The van der Waals surface area contributed by atoms with Gasteiger partial charge in [0.2, 0.25) is 0 Å². The molecule has 0 spiro atoms. The van der Waals surface area contributed by atoms with Crippen LogP contribution >= 0.6 is 0 Å². The Bertz CT molecular complexity index is 369. The van der Waals surface area contributed by atoms with Crippen LogP contribution in [0.25, 0.3) is 0 Å². The molecule has 6 heteroatoms. The Morgan fingerprint density at radius 2 is 1.71 bits per heavy atom. The number of carbonyl (C=O) groups is 1. The highest BCUT2D eigenvalue weighted by Gasteiger charge is 2.32. The van der Waals surface area contributed by atoms with Crippen molar-refractivity contribution in [2.45, 2.75) is 51.3 Å². The zero-order valence-corrected chi connectivity index (χ0v) is 12.0. The van der Waals surface area contributed by atoms with Gasteiger partial charge in [0.15, 0.2) is 9.84 Å².